The summed E-state index contributed by atoms with van der Waals surface area (Å²) in [5.74, 6) is 0.156. The number of nitrogens with one attached hydrogen (secondary N) is 2. The summed E-state index contributed by atoms with van der Waals surface area (Å²) in [5.41, 5.74) is 3.96. The number of hydrogen-bond acceptors (Lipinski definition) is 7. The lowest BCUT2D eigenvalue weighted by Crippen LogP contribution is -2.39. The van der Waals surface area contributed by atoms with Crippen LogP contribution in [0.4, 0.5) is 17.3 Å². The lowest BCUT2D eigenvalue weighted by Gasteiger charge is -2.29. The van der Waals surface area contributed by atoms with Crippen LogP contribution in [0.5, 0.6) is 5.88 Å². The second-order valence-corrected chi connectivity index (χ2v) is 9.42. The van der Waals surface area contributed by atoms with E-state index in [-0.39, 0.29) is 30.0 Å². The zero-order valence-electron chi connectivity index (χ0n) is 19.6. The summed E-state index contributed by atoms with van der Waals surface area (Å²) >= 11 is 12.5. The third-order valence-electron chi connectivity index (χ3n) is 6.12. The number of hydrogen-bond donors (Lipinski definition) is 2. The predicted octanol–water partition coefficient (Wildman–Crippen LogP) is 4.02. The van der Waals surface area contributed by atoms with Crippen LogP contribution in [0.25, 0.3) is 0 Å². The first kappa shape index (κ1) is 24.3. The van der Waals surface area contributed by atoms with E-state index in [4.69, 9.17) is 27.9 Å². The number of carbonyl (C=O) groups excluding carboxylic acids is 2. The van der Waals surface area contributed by atoms with Gasteiger partial charge in [0.15, 0.2) is 6.73 Å². The van der Waals surface area contributed by atoms with E-state index in [1.165, 1.54) is 29.1 Å². The zero-order valence-corrected chi connectivity index (χ0v) is 21.1. The Bertz CT molecular complexity index is 1310. The SMILES string of the molecule is CC(=O)NCCN1CCc2ccc(Nc3ncc4c(n3)OCN(c3c(Cl)cccc3Cl)C4=O)cc2C1. The molecule has 2 aliphatic heterocycles. The molecular formula is C25H24Cl2N6O3. The van der Waals surface area contributed by atoms with Crippen molar-refractivity contribution in [3.8, 4) is 5.88 Å². The summed E-state index contributed by atoms with van der Waals surface area (Å²) in [5, 5.41) is 6.75. The molecule has 0 unspecified atom stereocenters. The van der Waals surface area contributed by atoms with Gasteiger partial charge < -0.3 is 15.4 Å². The van der Waals surface area contributed by atoms with E-state index in [1.807, 2.05) is 6.07 Å². The maximum Gasteiger partial charge on any atom is 0.268 e. The molecule has 2 amide bonds. The van der Waals surface area contributed by atoms with Gasteiger partial charge in [-0.2, -0.15) is 4.98 Å². The predicted molar refractivity (Wildman–Crippen MR) is 138 cm³/mol. The molecule has 11 heteroatoms. The fraction of sp³-hybridized carbons (Fsp3) is 0.280. The van der Waals surface area contributed by atoms with Gasteiger partial charge in [0.25, 0.3) is 5.91 Å². The van der Waals surface area contributed by atoms with Crippen molar-refractivity contribution in [3.63, 3.8) is 0 Å². The van der Waals surface area contributed by atoms with Gasteiger partial charge >= 0.3 is 0 Å². The van der Waals surface area contributed by atoms with Crippen molar-refractivity contribution in [2.45, 2.75) is 19.9 Å². The van der Waals surface area contributed by atoms with Crippen LogP contribution in [0, 0.1) is 0 Å². The van der Waals surface area contributed by atoms with Crippen molar-refractivity contribution in [2.24, 2.45) is 0 Å². The first-order valence-corrected chi connectivity index (χ1v) is 12.3. The topological polar surface area (TPSA) is 99.7 Å². The van der Waals surface area contributed by atoms with Gasteiger partial charge in [-0.15, -0.1) is 0 Å². The zero-order chi connectivity index (χ0) is 25.2. The number of rotatable bonds is 6. The van der Waals surface area contributed by atoms with Gasteiger partial charge in [0.2, 0.25) is 17.7 Å². The molecule has 0 radical (unpaired) electrons. The van der Waals surface area contributed by atoms with E-state index in [0.717, 1.165) is 31.7 Å². The number of ether oxygens (including phenoxy) is 1. The van der Waals surface area contributed by atoms with Crippen LogP contribution < -0.4 is 20.3 Å². The number of nitrogens with zero attached hydrogens (tertiary/aromatic N) is 4. The molecule has 186 valence electrons. The minimum absolute atomic E-state index is 0.0185. The molecule has 3 aromatic rings. The van der Waals surface area contributed by atoms with Crippen molar-refractivity contribution in [3.05, 3.63) is 69.3 Å². The number of halogens is 2. The van der Waals surface area contributed by atoms with Gasteiger partial charge in [-0.05, 0) is 41.8 Å². The van der Waals surface area contributed by atoms with E-state index in [9.17, 15) is 9.59 Å². The van der Waals surface area contributed by atoms with Gasteiger partial charge in [0.1, 0.15) is 5.56 Å². The molecule has 2 N–H and O–H groups in total. The molecule has 0 saturated carbocycles. The molecule has 2 aliphatic rings. The Labute approximate surface area is 218 Å². The molecule has 1 aromatic heterocycles. The second-order valence-electron chi connectivity index (χ2n) is 8.61. The van der Waals surface area contributed by atoms with Crippen molar-refractivity contribution >= 4 is 52.3 Å². The molecule has 0 atom stereocenters. The fourth-order valence-electron chi connectivity index (χ4n) is 4.33. The summed E-state index contributed by atoms with van der Waals surface area (Å²) in [6, 6.07) is 11.2. The van der Waals surface area contributed by atoms with Crippen molar-refractivity contribution < 1.29 is 14.3 Å². The third-order valence-corrected chi connectivity index (χ3v) is 6.73. The number of amides is 2. The summed E-state index contributed by atoms with van der Waals surface area (Å²) < 4.78 is 5.77. The Kier molecular flexibility index (Phi) is 6.95. The summed E-state index contributed by atoms with van der Waals surface area (Å²) in [6.45, 7) is 4.63. The normalized spacial score (nSPS) is 15.1. The highest BCUT2D eigenvalue weighted by molar-refractivity contribution is 6.40. The number of para-hydroxylation sites is 1. The second kappa shape index (κ2) is 10.3. The van der Waals surface area contributed by atoms with Crippen LogP contribution in [0.1, 0.15) is 28.4 Å². The average Bonchev–Trinajstić information content (AvgIpc) is 2.85. The van der Waals surface area contributed by atoms with E-state index in [0.29, 0.717) is 28.2 Å². The Morgan fingerprint density at radius 3 is 2.75 bits per heavy atom. The van der Waals surface area contributed by atoms with E-state index >= 15 is 0 Å². The van der Waals surface area contributed by atoms with Crippen molar-refractivity contribution in [1.29, 1.82) is 0 Å². The number of carbonyl (C=O) groups is 2. The third kappa shape index (κ3) is 5.09. The number of fused-ring (bicyclic) bond motifs is 2. The molecule has 5 rings (SSSR count). The Morgan fingerprint density at radius 2 is 1.97 bits per heavy atom. The Balaban J connectivity index is 1.29. The number of anilines is 3. The van der Waals surface area contributed by atoms with Gasteiger partial charge in [-0.1, -0.05) is 35.3 Å². The smallest absolute Gasteiger partial charge is 0.268 e. The molecule has 0 spiro atoms. The molecule has 0 saturated heterocycles. The highest BCUT2D eigenvalue weighted by atomic mass is 35.5. The fourth-order valence-corrected chi connectivity index (χ4v) is 4.93. The summed E-state index contributed by atoms with van der Waals surface area (Å²) in [7, 11) is 0. The van der Waals surface area contributed by atoms with Gasteiger partial charge in [0, 0.05) is 45.0 Å². The number of benzene rings is 2. The van der Waals surface area contributed by atoms with E-state index in [1.54, 1.807) is 18.2 Å². The van der Waals surface area contributed by atoms with Crippen LogP contribution in [0.15, 0.2) is 42.6 Å². The summed E-state index contributed by atoms with van der Waals surface area (Å²) in [6.07, 6.45) is 2.39. The van der Waals surface area contributed by atoms with Gasteiger partial charge in [-0.25, -0.2) is 4.98 Å². The van der Waals surface area contributed by atoms with Crippen molar-refractivity contribution in [1.82, 2.24) is 20.2 Å². The summed E-state index contributed by atoms with van der Waals surface area (Å²) in [4.78, 5) is 36.6. The van der Waals surface area contributed by atoms with Crippen LogP contribution in [-0.4, -0.2) is 53.0 Å². The molecule has 9 nitrogen and oxygen atoms in total. The average molecular weight is 527 g/mol. The first-order valence-electron chi connectivity index (χ1n) is 11.5. The molecule has 0 bridgehead atoms. The van der Waals surface area contributed by atoms with E-state index < -0.39 is 0 Å². The van der Waals surface area contributed by atoms with Crippen LogP contribution in [0.3, 0.4) is 0 Å². The molecule has 3 heterocycles. The Hall–Kier alpha value is -3.40. The lowest BCUT2D eigenvalue weighted by molar-refractivity contribution is -0.119. The standard InChI is InChI=1S/C25H24Cl2N6O3/c1-15(34)28-8-10-32-9-7-16-5-6-18(11-17(16)13-32)30-25-29-12-19-23(31-25)36-14-33(24(19)35)22-20(26)3-2-4-21(22)27/h2-6,11-12H,7-10,13-14H2,1H3,(H,28,34)(H,29,30,31). The van der Waals surface area contributed by atoms with E-state index in [2.05, 4.69) is 37.6 Å². The minimum atomic E-state index is -0.342. The molecular weight excluding hydrogens is 503 g/mol. The maximum absolute atomic E-state index is 13.1. The monoisotopic (exact) mass is 526 g/mol. The Morgan fingerprint density at radius 1 is 1.17 bits per heavy atom. The van der Waals surface area contributed by atoms with Gasteiger partial charge in [0.05, 0.1) is 15.7 Å². The first-order chi connectivity index (χ1) is 17.4. The quantitative estimate of drug-likeness (QED) is 0.500. The molecule has 0 fully saturated rings. The largest absolute Gasteiger partial charge is 0.455 e. The van der Waals surface area contributed by atoms with Crippen LogP contribution in [0.2, 0.25) is 10.0 Å². The molecule has 2 aromatic carbocycles. The highest BCUT2D eigenvalue weighted by Gasteiger charge is 2.31. The highest BCUT2D eigenvalue weighted by Crippen LogP contribution is 2.37. The maximum atomic E-state index is 13.1. The number of aromatic nitrogens is 2. The minimum Gasteiger partial charge on any atom is -0.455 e. The lowest BCUT2D eigenvalue weighted by atomic mass is 9.99. The molecule has 0 aliphatic carbocycles. The van der Waals surface area contributed by atoms with Crippen LogP contribution in [-0.2, 0) is 17.8 Å². The van der Waals surface area contributed by atoms with Gasteiger partial charge in [-0.3, -0.25) is 19.4 Å². The van der Waals surface area contributed by atoms with Crippen LogP contribution >= 0.6 is 23.2 Å². The molecule has 36 heavy (non-hydrogen) atoms. The van der Waals surface area contributed by atoms with Crippen molar-refractivity contribution in [2.75, 3.05) is 36.6 Å².